The zero-order valence-corrected chi connectivity index (χ0v) is 12.7. The highest BCUT2D eigenvalue weighted by molar-refractivity contribution is 5.77. The van der Waals surface area contributed by atoms with E-state index in [2.05, 4.69) is 11.8 Å². The predicted octanol–water partition coefficient (Wildman–Crippen LogP) is 3.68. The molecule has 1 aromatic rings. The number of hydrogen-bond donors (Lipinski definition) is 1. The molecule has 0 aliphatic heterocycles. The summed E-state index contributed by atoms with van der Waals surface area (Å²) in [6.07, 6.45) is 0.968. The zero-order chi connectivity index (χ0) is 15.1. The fraction of sp³-hybridized carbons (Fsp3) is 0.471. The van der Waals surface area contributed by atoms with E-state index in [1.54, 1.807) is 6.92 Å². The van der Waals surface area contributed by atoms with Crippen molar-refractivity contribution < 1.29 is 9.90 Å². The van der Waals surface area contributed by atoms with Crippen LogP contribution < -0.4 is 0 Å². The molecule has 0 aromatic heterocycles. The van der Waals surface area contributed by atoms with E-state index in [-0.39, 0.29) is 12.5 Å². The van der Waals surface area contributed by atoms with E-state index in [1.165, 1.54) is 0 Å². The summed E-state index contributed by atoms with van der Waals surface area (Å²) in [7, 11) is 0. The molecule has 106 valence electrons. The zero-order valence-electron chi connectivity index (χ0n) is 12.7. The Balaban J connectivity index is 0. The van der Waals surface area contributed by atoms with E-state index in [4.69, 9.17) is 5.11 Å². The Morgan fingerprint density at radius 2 is 1.79 bits per heavy atom. The molecule has 0 fully saturated rings. The van der Waals surface area contributed by atoms with Crippen LogP contribution in [0.1, 0.15) is 46.6 Å². The second-order valence-corrected chi connectivity index (χ2v) is 3.75. The predicted molar refractivity (Wildman–Crippen MR) is 81.9 cm³/mol. The molecule has 0 aliphatic rings. The second kappa shape index (κ2) is 14.5. The molecule has 0 spiro atoms. The Morgan fingerprint density at radius 3 is 2.11 bits per heavy atom. The van der Waals surface area contributed by atoms with Crippen LogP contribution in [0.4, 0.5) is 0 Å². The van der Waals surface area contributed by atoms with Crippen LogP contribution in [0.3, 0.4) is 0 Å². The van der Waals surface area contributed by atoms with Crippen molar-refractivity contribution in [3.63, 3.8) is 0 Å². The smallest absolute Gasteiger partial charge is 0.132 e. The molecule has 2 nitrogen and oxygen atoms in total. The van der Waals surface area contributed by atoms with Gasteiger partial charge in [0.05, 0.1) is 0 Å². The molecule has 2 heteroatoms. The number of carbonyl (C=O) groups is 1. The SMILES string of the molecule is CC.CCC(C)C(C)=O.OCC#Cc1ccccc1. The van der Waals surface area contributed by atoms with Crippen molar-refractivity contribution in [1.82, 2.24) is 0 Å². The Bertz CT molecular complexity index is 371. The molecular formula is C17H26O2. The van der Waals surface area contributed by atoms with Gasteiger partial charge in [-0.05, 0) is 25.5 Å². The van der Waals surface area contributed by atoms with Gasteiger partial charge >= 0.3 is 0 Å². The van der Waals surface area contributed by atoms with Gasteiger partial charge < -0.3 is 5.11 Å². The van der Waals surface area contributed by atoms with Gasteiger partial charge in [0.2, 0.25) is 0 Å². The van der Waals surface area contributed by atoms with Crippen LogP contribution >= 0.6 is 0 Å². The molecule has 1 rings (SSSR count). The lowest BCUT2D eigenvalue weighted by Crippen LogP contribution is -2.03. The van der Waals surface area contributed by atoms with Crippen LogP contribution in [0, 0.1) is 17.8 Å². The summed E-state index contributed by atoms with van der Waals surface area (Å²) in [5, 5.41) is 8.35. The first-order valence-corrected chi connectivity index (χ1v) is 6.77. The minimum absolute atomic E-state index is 0.0745. The number of aliphatic hydroxyl groups excluding tert-OH is 1. The number of carbonyl (C=O) groups excluding carboxylic acids is 1. The van der Waals surface area contributed by atoms with Crippen molar-refractivity contribution in [1.29, 1.82) is 0 Å². The molecule has 1 aromatic carbocycles. The van der Waals surface area contributed by atoms with Crippen LogP contribution in [0.5, 0.6) is 0 Å². The molecular weight excluding hydrogens is 236 g/mol. The molecule has 0 amide bonds. The topological polar surface area (TPSA) is 37.3 Å². The number of benzene rings is 1. The first-order valence-electron chi connectivity index (χ1n) is 6.77. The van der Waals surface area contributed by atoms with Crippen molar-refractivity contribution in [3.8, 4) is 11.8 Å². The fourth-order valence-corrected chi connectivity index (χ4v) is 0.951. The summed E-state index contributed by atoms with van der Waals surface area (Å²) >= 11 is 0. The first-order chi connectivity index (χ1) is 9.11. The Kier molecular flexibility index (Phi) is 15.0. The van der Waals surface area contributed by atoms with Gasteiger partial charge in [-0.2, -0.15) is 0 Å². The molecule has 0 saturated heterocycles. The van der Waals surface area contributed by atoms with Gasteiger partial charge in [-0.25, -0.2) is 0 Å². The van der Waals surface area contributed by atoms with Crippen LogP contribution in [-0.2, 0) is 4.79 Å². The normalized spacial score (nSPS) is 9.58. The standard InChI is InChI=1S/C9H8O.C6H12O.C2H6/c10-8-4-7-9-5-2-1-3-6-9;1-4-5(2)6(3)7;1-2/h1-3,5-6,10H,8H2;5H,4H2,1-3H3;1-2H3. The van der Waals surface area contributed by atoms with Crippen LogP contribution in [-0.4, -0.2) is 17.5 Å². The molecule has 0 saturated carbocycles. The van der Waals surface area contributed by atoms with Gasteiger partial charge in [0.25, 0.3) is 0 Å². The molecule has 1 unspecified atom stereocenters. The van der Waals surface area contributed by atoms with Gasteiger partial charge in [0.15, 0.2) is 0 Å². The Morgan fingerprint density at radius 1 is 1.26 bits per heavy atom. The highest BCUT2D eigenvalue weighted by atomic mass is 16.2. The molecule has 1 N–H and O–H groups in total. The van der Waals surface area contributed by atoms with Gasteiger partial charge in [-0.15, -0.1) is 0 Å². The summed E-state index contributed by atoms with van der Waals surface area (Å²) < 4.78 is 0. The third-order valence-corrected chi connectivity index (χ3v) is 2.39. The summed E-state index contributed by atoms with van der Waals surface area (Å²) in [6.45, 7) is 9.53. The minimum Gasteiger partial charge on any atom is -0.384 e. The Hall–Kier alpha value is -1.59. The minimum atomic E-state index is -0.0745. The van der Waals surface area contributed by atoms with Crippen molar-refractivity contribution >= 4 is 5.78 Å². The van der Waals surface area contributed by atoms with Crippen LogP contribution in [0.25, 0.3) is 0 Å². The second-order valence-electron chi connectivity index (χ2n) is 3.75. The number of rotatable bonds is 2. The average molecular weight is 262 g/mol. The monoisotopic (exact) mass is 262 g/mol. The molecule has 19 heavy (non-hydrogen) atoms. The number of hydrogen-bond acceptors (Lipinski definition) is 2. The largest absolute Gasteiger partial charge is 0.384 e. The van der Waals surface area contributed by atoms with E-state index in [1.807, 2.05) is 58.0 Å². The summed E-state index contributed by atoms with van der Waals surface area (Å²) in [5.41, 5.74) is 0.941. The van der Waals surface area contributed by atoms with Crippen molar-refractivity contribution in [3.05, 3.63) is 35.9 Å². The number of Topliss-reactive ketones (excluding diaryl/α,β-unsaturated/α-hetero) is 1. The fourth-order valence-electron chi connectivity index (χ4n) is 0.951. The summed E-state index contributed by atoms with van der Waals surface area (Å²) in [5.74, 6) is 5.92. The molecule has 0 bridgehead atoms. The molecule has 0 radical (unpaired) electrons. The van der Waals surface area contributed by atoms with Crippen molar-refractivity contribution in [2.75, 3.05) is 6.61 Å². The lowest BCUT2D eigenvalue weighted by Gasteiger charge is -1.98. The highest BCUT2D eigenvalue weighted by Crippen LogP contribution is 1.99. The van der Waals surface area contributed by atoms with Gasteiger partial charge in [0.1, 0.15) is 12.4 Å². The lowest BCUT2D eigenvalue weighted by molar-refractivity contribution is -0.120. The van der Waals surface area contributed by atoms with E-state index < -0.39 is 0 Å². The van der Waals surface area contributed by atoms with Gasteiger partial charge in [0, 0.05) is 11.5 Å². The third kappa shape index (κ3) is 12.7. The maximum atomic E-state index is 10.4. The summed E-state index contributed by atoms with van der Waals surface area (Å²) in [4.78, 5) is 10.4. The molecule has 1 atom stereocenters. The number of aliphatic hydroxyl groups is 1. The van der Waals surface area contributed by atoms with Crippen LogP contribution in [0.2, 0.25) is 0 Å². The Labute approximate surface area is 117 Å². The van der Waals surface area contributed by atoms with E-state index in [9.17, 15) is 4.79 Å². The molecule has 0 aliphatic carbocycles. The van der Waals surface area contributed by atoms with E-state index in [0.717, 1.165) is 12.0 Å². The average Bonchev–Trinajstić information content (AvgIpc) is 2.48. The van der Waals surface area contributed by atoms with Gasteiger partial charge in [-0.1, -0.05) is 57.7 Å². The maximum absolute atomic E-state index is 10.4. The summed E-state index contributed by atoms with van der Waals surface area (Å²) in [6, 6.07) is 9.58. The first kappa shape index (κ1) is 19.7. The third-order valence-electron chi connectivity index (χ3n) is 2.39. The quantitative estimate of drug-likeness (QED) is 0.826. The van der Waals surface area contributed by atoms with Gasteiger partial charge in [-0.3, -0.25) is 4.79 Å². The van der Waals surface area contributed by atoms with Crippen molar-refractivity contribution in [2.24, 2.45) is 5.92 Å². The van der Waals surface area contributed by atoms with E-state index in [0.29, 0.717) is 5.78 Å². The van der Waals surface area contributed by atoms with E-state index >= 15 is 0 Å². The van der Waals surface area contributed by atoms with Crippen molar-refractivity contribution in [2.45, 2.75) is 41.0 Å². The highest BCUT2D eigenvalue weighted by Gasteiger charge is 2.01. The molecule has 0 heterocycles. The lowest BCUT2D eigenvalue weighted by atomic mass is 10.1. The number of ketones is 1. The maximum Gasteiger partial charge on any atom is 0.132 e. The van der Waals surface area contributed by atoms with Crippen LogP contribution in [0.15, 0.2) is 30.3 Å².